The molecule has 0 saturated carbocycles. The quantitative estimate of drug-likeness (QED) is 0.583. The summed E-state index contributed by atoms with van der Waals surface area (Å²) in [6, 6.07) is 14.5. The minimum Gasteiger partial charge on any atom is -0.356 e. The van der Waals surface area contributed by atoms with Crippen LogP contribution < -0.4 is 10.6 Å². The molecule has 148 valence electrons. The van der Waals surface area contributed by atoms with Gasteiger partial charge in [-0.2, -0.15) is 0 Å². The van der Waals surface area contributed by atoms with Gasteiger partial charge in [0.1, 0.15) is 11.9 Å². The van der Waals surface area contributed by atoms with Crippen molar-refractivity contribution in [3.8, 4) is 0 Å². The Bertz CT molecular complexity index is 1160. The lowest BCUT2D eigenvalue weighted by Crippen LogP contribution is -2.27. The van der Waals surface area contributed by atoms with Gasteiger partial charge in [-0.25, -0.2) is 4.98 Å². The zero-order valence-electron chi connectivity index (χ0n) is 15.5. The van der Waals surface area contributed by atoms with E-state index in [1.54, 1.807) is 4.57 Å². The van der Waals surface area contributed by atoms with Crippen LogP contribution in [0.1, 0.15) is 24.4 Å². The highest BCUT2D eigenvalue weighted by atomic mass is 35.5. The summed E-state index contributed by atoms with van der Waals surface area (Å²) in [4.78, 5) is 29.2. The summed E-state index contributed by atoms with van der Waals surface area (Å²) in [5.41, 5.74) is 1.73. The monoisotopic (exact) mass is 426 g/mol. The van der Waals surface area contributed by atoms with E-state index in [-0.39, 0.29) is 18.2 Å². The number of benzene rings is 2. The van der Waals surface area contributed by atoms with Gasteiger partial charge in [-0.15, -0.1) is 0 Å². The highest BCUT2D eigenvalue weighted by Gasteiger charge is 2.32. The van der Waals surface area contributed by atoms with E-state index in [2.05, 4.69) is 15.6 Å². The van der Waals surface area contributed by atoms with Crippen molar-refractivity contribution < 1.29 is 9.59 Å². The van der Waals surface area contributed by atoms with Crippen LogP contribution in [-0.2, 0) is 16.0 Å². The molecule has 2 heterocycles. The molecule has 1 aliphatic heterocycles. The Hall–Kier alpha value is -2.77. The van der Waals surface area contributed by atoms with Crippen molar-refractivity contribution in [2.45, 2.75) is 25.3 Å². The molecule has 1 aromatic heterocycles. The van der Waals surface area contributed by atoms with Gasteiger partial charge in [0.2, 0.25) is 16.6 Å². The second-order valence-corrected chi connectivity index (χ2v) is 7.64. The van der Waals surface area contributed by atoms with Crippen LogP contribution in [0.5, 0.6) is 0 Å². The van der Waals surface area contributed by atoms with Crippen LogP contribution in [0.3, 0.4) is 0 Å². The molecule has 29 heavy (non-hydrogen) atoms. The Kier molecular flexibility index (Phi) is 5.60. The maximum absolute atomic E-state index is 12.5. The van der Waals surface area contributed by atoms with Crippen molar-refractivity contribution in [2.24, 2.45) is 0 Å². The summed E-state index contributed by atoms with van der Waals surface area (Å²) in [6.07, 6.45) is 1.22. The third kappa shape index (κ3) is 4.02. The van der Waals surface area contributed by atoms with Gasteiger partial charge in [0.05, 0.1) is 5.52 Å². The predicted molar refractivity (Wildman–Crippen MR) is 116 cm³/mol. The van der Waals surface area contributed by atoms with Crippen molar-refractivity contribution in [3.63, 3.8) is 0 Å². The van der Waals surface area contributed by atoms with Crippen LogP contribution in [0, 0.1) is 4.77 Å². The Morgan fingerprint density at radius 2 is 1.97 bits per heavy atom. The summed E-state index contributed by atoms with van der Waals surface area (Å²) in [5, 5.41) is 7.31. The van der Waals surface area contributed by atoms with Gasteiger partial charge >= 0.3 is 0 Å². The van der Waals surface area contributed by atoms with Crippen LogP contribution in [-0.4, -0.2) is 27.9 Å². The highest BCUT2D eigenvalue weighted by molar-refractivity contribution is 7.71. The third-order valence-corrected chi connectivity index (χ3v) is 5.65. The number of fused-ring (bicyclic) bond motifs is 3. The Balaban J connectivity index is 1.40. The number of hydrogen-bond donors (Lipinski definition) is 2. The fourth-order valence-corrected chi connectivity index (χ4v) is 4.09. The lowest BCUT2D eigenvalue weighted by Gasteiger charge is -2.13. The fraction of sp³-hybridized carbons (Fsp3) is 0.238. The van der Waals surface area contributed by atoms with Crippen LogP contribution >= 0.6 is 23.8 Å². The Labute approximate surface area is 177 Å². The minimum absolute atomic E-state index is 0.112. The van der Waals surface area contributed by atoms with Crippen molar-refractivity contribution in [3.05, 3.63) is 63.9 Å². The summed E-state index contributed by atoms with van der Waals surface area (Å²) in [7, 11) is 0. The number of anilines is 1. The van der Waals surface area contributed by atoms with E-state index in [0.29, 0.717) is 35.0 Å². The largest absolute Gasteiger partial charge is 0.356 e. The normalized spacial score (nSPS) is 15.2. The Morgan fingerprint density at radius 1 is 1.21 bits per heavy atom. The van der Waals surface area contributed by atoms with Crippen LogP contribution in [0.2, 0.25) is 5.02 Å². The number of para-hydroxylation sites is 1. The van der Waals surface area contributed by atoms with E-state index in [0.717, 1.165) is 16.5 Å². The minimum atomic E-state index is -0.538. The van der Waals surface area contributed by atoms with Gasteiger partial charge in [0, 0.05) is 23.4 Å². The number of rotatable bonds is 6. The van der Waals surface area contributed by atoms with Gasteiger partial charge in [-0.05, 0) is 48.8 Å². The van der Waals surface area contributed by atoms with E-state index in [1.807, 2.05) is 48.5 Å². The number of carbonyl (C=O) groups excluding carboxylic acids is 2. The second kappa shape index (κ2) is 8.31. The number of nitrogens with zero attached hydrogens (tertiary/aromatic N) is 2. The maximum atomic E-state index is 12.5. The van der Waals surface area contributed by atoms with Crippen molar-refractivity contribution >= 4 is 52.4 Å². The molecule has 2 N–H and O–H groups in total. The molecule has 1 unspecified atom stereocenters. The lowest BCUT2D eigenvalue weighted by molar-refractivity contribution is -0.122. The first kappa shape index (κ1) is 19.5. The van der Waals surface area contributed by atoms with Gasteiger partial charge in [0.25, 0.3) is 0 Å². The molecule has 1 aliphatic rings. The molecule has 3 aromatic rings. The molecule has 2 amide bonds. The average Bonchev–Trinajstić information content (AvgIpc) is 3.05. The fourth-order valence-electron chi connectivity index (χ4n) is 3.54. The molecule has 0 fully saturated rings. The molecule has 4 rings (SSSR count). The summed E-state index contributed by atoms with van der Waals surface area (Å²) < 4.78 is 2.05. The molecule has 0 radical (unpaired) electrons. The number of halogens is 1. The molecule has 0 saturated heterocycles. The predicted octanol–water partition coefficient (Wildman–Crippen LogP) is 4.05. The van der Waals surface area contributed by atoms with E-state index in [1.165, 1.54) is 0 Å². The Morgan fingerprint density at radius 3 is 2.79 bits per heavy atom. The van der Waals surface area contributed by atoms with E-state index in [4.69, 9.17) is 23.8 Å². The number of aromatic nitrogens is 2. The lowest BCUT2D eigenvalue weighted by atomic mass is 10.1. The van der Waals surface area contributed by atoms with Crippen LogP contribution in [0.15, 0.2) is 48.5 Å². The molecule has 8 heteroatoms. The summed E-state index contributed by atoms with van der Waals surface area (Å²) in [5.74, 6) is 0.367. The molecular weight excluding hydrogens is 408 g/mol. The molecule has 0 spiro atoms. The number of hydrogen-bond acceptors (Lipinski definition) is 4. The number of carbonyl (C=O) groups is 2. The molecule has 1 atom stereocenters. The SMILES string of the molecule is O=C(CCC1C(=O)Nc2c3ccccc3nc(=S)n21)NCCc1ccccc1Cl. The highest BCUT2D eigenvalue weighted by Crippen LogP contribution is 2.33. The number of nitrogens with one attached hydrogen (secondary N) is 2. The van der Waals surface area contributed by atoms with Gasteiger partial charge in [-0.3, -0.25) is 14.2 Å². The van der Waals surface area contributed by atoms with Crippen molar-refractivity contribution in [1.82, 2.24) is 14.9 Å². The van der Waals surface area contributed by atoms with Crippen LogP contribution in [0.4, 0.5) is 5.82 Å². The van der Waals surface area contributed by atoms with E-state index >= 15 is 0 Å². The van der Waals surface area contributed by atoms with E-state index in [9.17, 15) is 9.59 Å². The maximum Gasteiger partial charge on any atom is 0.248 e. The van der Waals surface area contributed by atoms with E-state index < -0.39 is 6.04 Å². The first-order chi connectivity index (χ1) is 14.0. The van der Waals surface area contributed by atoms with Gasteiger partial charge in [0.15, 0.2) is 0 Å². The number of amides is 2. The molecular formula is C21H19ClN4O2S. The standard InChI is InChI=1S/C21H19ClN4O2S/c22-15-7-3-1-5-13(15)11-12-23-18(27)10-9-17-20(28)25-19-14-6-2-4-8-16(14)24-21(29)26(17)19/h1-8,17H,9-12H2,(H,23,27)(H,25,28). The third-order valence-electron chi connectivity index (χ3n) is 5.00. The molecule has 0 aliphatic carbocycles. The first-order valence-electron chi connectivity index (χ1n) is 9.37. The first-order valence-corrected chi connectivity index (χ1v) is 10.2. The average molecular weight is 427 g/mol. The summed E-state index contributed by atoms with van der Waals surface area (Å²) in [6.45, 7) is 0.488. The van der Waals surface area contributed by atoms with Crippen molar-refractivity contribution in [1.29, 1.82) is 0 Å². The van der Waals surface area contributed by atoms with Crippen LogP contribution in [0.25, 0.3) is 10.9 Å². The second-order valence-electron chi connectivity index (χ2n) is 6.87. The van der Waals surface area contributed by atoms with Crippen molar-refractivity contribution in [2.75, 3.05) is 11.9 Å². The molecule has 2 aromatic carbocycles. The van der Waals surface area contributed by atoms with Gasteiger partial charge in [-0.1, -0.05) is 41.9 Å². The smallest absolute Gasteiger partial charge is 0.248 e. The van der Waals surface area contributed by atoms with Gasteiger partial charge < -0.3 is 10.6 Å². The zero-order valence-corrected chi connectivity index (χ0v) is 17.1. The molecule has 0 bridgehead atoms. The topological polar surface area (TPSA) is 76.0 Å². The summed E-state index contributed by atoms with van der Waals surface area (Å²) >= 11 is 11.5. The molecule has 6 nitrogen and oxygen atoms in total. The zero-order chi connectivity index (χ0) is 20.4.